The zero-order chi connectivity index (χ0) is 12.2. The second kappa shape index (κ2) is 5.49. The minimum atomic E-state index is -4.31. The van der Waals surface area contributed by atoms with Gasteiger partial charge in [-0.1, -0.05) is 0 Å². The number of hydrogen-bond acceptors (Lipinski definition) is 3. The van der Waals surface area contributed by atoms with Gasteiger partial charge in [0, 0.05) is 12.6 Å². The maximum absolute atomic E-state index is 11.7. The molecule has 0 aromatic rings. The summed E-state index contributed by atoms with van der Waals surface area (Å²) in [6, 6.07) is -0.132. The molecule has 0 spiro atoms. The molecule has 16 heavy (non-hydrogen) atoms. The van der Waals surface area contributed by atoms with Crippen LogP contribution in [-0.2, 0) is 9.53 Å². The number of hydrogen-bond donors (Lipinski definition) is 2. The second-order valence-corrected chi connectivity index (χ2v) is 3.75. The van der Waals surface area contributed by atoms with Crippen molar-refractivity contribution in [2.75, 3.05) is 19.8 Å². The number of carboxylic acid groups (broad SMARTS) is 1. The molecule has 2 unspecified atom stereocenters. The Bertz CT molecular complexity index is 245. The van der Waals surface area contributed by atoms with Crippen molar-refractivity contribution in [3.63, 3.8) is 0 Å². The molecule has 0 aromatic heterocycles. The van der Waals surface area contributed by atoms with Crippen molar-refractivity contribution in [2.24, 2.45) is 5.92 Å². The van der Waals surface area contributed by atoms with Gasteiger partial charge in [-0.25, -0.2) is 0 Å². The Kier molecular flexibility index (Phi) is 4.55. The molecule has 94 valence electrons. The Hall–Kier alpha value is -0.820. The third kappa shape index (κ3) is 4.36. The summed E-state index contributed by atoms with van der Waals surface area (Å²) in [5.41, 5.74) is 0. The van der Waals surface area contributed by atoms with E-state index in [2.05, 4.69) is 10.1 Å². The molecule has 4 nitrogen and oxygen atoms in total. The van der Waals surface area contributed by atoms with Gasteiger partial charge in [0.1, 0.15) is 6.61 Å². The standard InChI is InChI=1S/C9H14F3NO3/c10-9(11,12)5-16-4-3-13-7-2-1-6(7)8(14)15/h6-7,13H,1-5H2,(H,14,15). The Balaban J connectivity index is 2.02. The first kappa shape index (κ1) is 13.2. The molecule has 2 atom stereocenters. The maximum Gasteiger partial charge on any atom is 0.411 e. The molecular weight excluding hydrogens is 227 g/mol. The van der Waals surface area contributed by atoms with E-state index in [4.69, 9.17) is 5.11 Å². The number of carbonyl (C=O) groups is 1. The highest BCUT2D eigenvalue weighted by atomic mass is 19.4. The Labute approximate surface area is 90.8 Å². The van der Waals surface area contributed by atoms with E-state index in [9.17, 15) is 18.0 Å². The number of rotatable bonds is 6. The minimum absolute atomic E-state index is 0.0671. The predicted molar refractivity (Wildman–Crippen MR) is 49.0 cm³/mol. The van der Waals surface area contributed by atoms with Crippen molar-refractivity contribution in [3.8, 4) is 0 Å². The van der Waals surface area contributed by atoms with Crippen molar-refractivity contribution < 1.29 is 27.8 Å². The molecule has 0 saturated heterocycles. The highest BCUT2D eigenvalue weighted by Crippen LogP contribution is 2.27. The average molecular weight is 241 g/mol. The molecule has 1 rings (SSSR count). The number of ether oxygens (including phenoxy) is 1. The zero-order valence-corrected chi connectivity index (χ0v) is 8.59. The first-order chi connectivity index (χ1) is 7.40. The van der Waals surface area contributed by atoms with Crippen LogP contribution in [0.4, 0.5) is 13.2 Å². The van der Waals surface area contributed by atoms with Crippen molar-refractivity contribution >= 4 is 5.97 Å². The van der Waals surface area contributed by atoms with E-state index in [1.165, 1.54) is 0 Å². The number of aliphatic carboxylic acids is 1. The lowest BCUT2D eigenvalue weighted by atomic mass is 9.79. The largest absolute Gasteiger partial charge is 0.481 e. The summed E-state index contributed by atoms with van der Waals surface area (Å²) in [4.78, 5) is 10.6. The minimum Gasteiger partial charge on any atom is -0.481 e. The lowest BCUT2D eigenvalue weighted by molar-refractivity contribution is -0.173. The fraction of sp³-hybridized carbons (Fsp3) is 0.889. The van der Waals surface area contributed by atoms with Gasteiger partial charge < -0.3 is 15.2 Å². The summed E-state index contributed by atoms with van der Waals surface area (Å²) in [6.45, 7) is -1.09. The molecule has 1 fully saturated rings. The number of nitrogens with one attached hydrogen (secondary N) is 1. The van der Waals surface area contributed by atoms with E-state index in [-0.39, 0.29) is 19.2 Å². The summed E-state index contributed by atoms with van der Waals surface area (Å²) in [6.07, 6.45) is -2.94. The molecular formula is C9H14F3NO3. The Morgan fingerprint density at radius 2 is 2.12 bits per heavy atom. The van der Waals surface area contributed by atoms with Gasteiger partial charge in [0.2, 0.25) is 0 Å². The van der Waals surface area contributed by atoms with E-state index in [0.717, 1.165) is 6.42 Å². The van der Waals surface area contributed by atoms with Gasteiger partial charge in [0.05, 0.1) is 12.5 Å². The lowest BCUT2D eigenvalue weighted by Gasteiger charge is -2.34. The van der Waals surface area contributed by atoms with E-state index in [1.807, 2.05) is 0 Å². The molecule has 1 aliphatic rings. The number of alkyl halides is 3. The van der Waals surface area contributed by atoms with Gasteiger partial charge >= 0.3 is 12.1 Å². The van der Waals surface area contributed by atoms with Crippen LogP contribution >= 0.6 is 0 Å². The molecule has 0 heterocycles. The molecule has 2 N–H and O–H groups in total. The highest BCUT2D eigenvalue weighted by Gasteiger charge is 2.35. The molecule has 0 aromatic carbocycles. The molecule has 1 saturated carbocycles. The summed E-state index contributed by atoms with van der Waals surface area (Å²) in [5.74, 6) is -1.28. The van der Waals surface area contributed by atoms with Crippen LogP contribution in [0.1, 0.15) is 12.8 Å². The van der Waals surface area contributed by atoms with Crippen LogP contribution in [0.25, 0.3) is 0 Å². The average Bonchev–Trinajstić information content (AvgIpc) is 2.05. The molecule has 7 heteroatoms. The smallest absolute Gasteiger partial charge is 0.411 e. The van der Waals surface area contributed by atoms with Crippen LogP contribution in [0.5, 0.6) is 0 Å². The van der Waals surface area contributed by atoms with Gasteiger partial charge in [-0.3, -0.25) is 4.79 Å². The van der Waals surface area contributed by atoms with Crippen LogP contribution in [-0.4, -0.2) is 43.1 Å². The predicted octanol–water partition coefficient (Wildman–Crippen LogP) is 1.02. The maximum atomic E-state index is 11.7. The van der Waals surface area contributed by atoms with E-state index in [0.29, 0.717) is 6.42 Å². The monoisotopic (exact) mass is 241 g/mol. The van der Waals surface area contributed by atoms with Crippen LogP contribution in [0, 0.1) is 5.92 Å². The zero-order valence-electron chi connectivity index (χ0n) is 8.59. The van der Waals surface area contributed by atoms with Crippen LogP contribution in [0.3, 0.4) is 0 Å². The topological polar surface area (TPSA) is 58.6 Å². The summed E-state index contributed by atoms with van der Waals surface area (Å²) < 4.78 is 39.4. The number of halogens is 3. The van der Waals surface area contributed by atoms with Gasteiger partial charge in [0.15, 0.2) is 0 Å². The summed E-state index contributed by atoms with van der Waals surface area (Å²) in [5, 5.41) is 11.6. The molecule has 1 aliphatic carbocycles. The normalized spacial score (nSPS) is 25.2. The molecule has 0 aliphatic heterocycles. The summed E-state index contributed by atoms with van der Waals surface area (Å²) in [7, 11) is 0. The van der Waals surface area contributed by atoms with Crippen LogP contribution in [0.15, 0.2) is 0 Å². The quantitative estimate of drug-likeness (QED) is 0.681. The van der Waals surface area contributed by atoms with Crippen molar-refractivity contribution in [3.05, 3.63) is 0 Å². The molecule has 0 radical (unpaired) electrons. The van der Waals surface area contributed by atoms with Gasteiger partial charge in [-0.05, 0) is 12.8 Å². The summed E-state index contributed by atoms with van der Waals surface area (Å²) >= 11 is 0. The third-order valence-corrected chi connectivity index (χ3v) is 2.51. The van der Waals surface area contributed by atoms with E-state index < -0.39 is 24.7 Å². The van der Waals surface area contributed by atoms with Crippen molar-refractivity contribution in [1.29, 1.82) is 0 Å². The fourth-order valence-electron chi connectivity index (χ4n) is 1.54. The SMILES string of the molecule is O=C(O)C1CCC1NCCOCC(F)(F)F. The Morgan fingerprint density at radius 1 is 1.44 bits per heavy atom. The van der Waals surface area contributed by atoms with Gasteiger partial charge in [-0.2, -0.15) is 13.2 Å². The van der Waals surface area contributed by atoms with Gasteiger partial charge in [-0.15, -0.1) is 0 Å². The molecule has 0 bridgehead atoms. The van der Waals surface area contributed by atoms with Gasteiger partial charge in [0.25, 0.3) is 0 Å². The van der Waals surface area contributed by atoms with Crippen LogP contribution in [0.2, 0.25) is 0 Å². The molecule has 0 amide bonds. The lowest BCUT2D eigenvalue weighted by Crippen LogP contribution is -2.48. The first-order valence-corrected chi connectivity index (χ1v) is 5.01. The second-order valence-electron chi connectivity index (χ2n) is 3.75. The first-order valence-electron chi connectivity index (χ1n) is 5.01. The highest BCUT2D eigenvalue weighted by molar-refractivity contribution is 5.72. The fourth-order valence-corrected chi connectivity index (χ4v) is 1.54. The number of carboxylic acids is 1. The Morgan fingerprint density at radius 3 is 2.56 bits per heavy atom. The third-order valence-electron chi connectivity index (χ3n) is 2.51. The van der Waals surface area contributed by atoms with E-state index >= 15 is 0 Å². The van der Waals surface area contributed by atoms with Crippen molar-refractivity contribution in [2.45, 2.75) is 25.1 Å². The van der Waals surface area contributed by atoms with Crippen molar-refractivity contribution in [1.82, 2.24) is 5.32 Å². The van der Waals surface area contributed by atoms with Crippen LogP contribution < -0.4 is 5.32 Å². The van der Waals surface area contributed by atoms with E-state index in [1.54, 1.807) is 0 Å².